The summed E-state index contributed by atoms with van der Waals surface area (Å²) in [4.78, 5) is 16.4. The molecule has 1 N–H and O–H groups in total. The second kappa shape index (κ2) is 7.90. The smallest absolute Gasteiger partial charge is 0.416 e. The van der Waals surface area contributed by atoms with E-state index in [2.05, 4.69) is 10.3 Å². The number of carbonyl (C=O) groups is 1. The number of anilines is 1. The van der Waals surface area contributed by atoms with Gasteiger partial charge in [-0.1, -0.05) is 18.2 Å². The van der Waals surface area contributed by atoms with E-state index >= 15 is 0 Å². The number of nitrogens with one attached hydrogen (secondary N) is 1. The normalized spacial score (nSPS) is 11.2. The minimum Gasteiger partial charge on any atom is -0.455 e. The lowest BCUT2D eigenvalue weighted by molar-refractivity contribution is -0.138. The third-order valence-corrected chi connectivity index (χ3v) is 4.21. The van der Waals surface area contributed by atoms with E-state index in [1.165, 1.54) is 19.9 Å². The number of hydrogen-bond acceptors (Lipinski definition) is 3. The number of nitrogens with zero attached hydrogens (tertiary/aromatic N) is 1. The van der Waals surface area contributed by atoms with Gasteiger partial charge in [0.1, 0.15) is 11.5 Å². The van der Waals surface area contributed by atoms with E-state index in [9.17, 15) is 22.4 Å². The first kappa shape index (κ1) is 20.3. The number of rotatable bonds is 4. The number of benzene rings is 2. The molecule has 0 aliphatic heterocycles. The summed E-state index contributed by atoms with van der Waals surface area (Å²) >= 11 is 0. The van der Waals surface area contributed by atoms with Crippen molar-refractivity contribution in [3.63, 3.8) is 0 Å². The van der Waals surface area contributed by atoms with Gasteiger partial charge in [0, 0.05) is 5.69 Å². The molecule has 1 heterocycles. The van der Waals surface area contributed by atoms with Crippen LogP contribution in [0.5, 0.6) is 11.5 Å². The SMILES string of the molecule is Cc1nc(F)ccc1Oc1ccc(C(F)(F)F)c(C)c1C(=O)Nc1ccccc1. The van der Waals surface area contributed by atoms with Gasteiger partial charge in [-0.25, -0.2) is 4.98 Å². The van der Waals surface area contributed by atoms with Crippen LogP contribution in [0.4, 0.5) is 23.2 Å². The van der Waals surface area contributed by atoms with Crippen LogP contribution < -0.4 is 10.1 Å². The highest BCUT2D eigenvalue weighted by Crippen LogP contribution is 2.38. The maximum Gasteiger partial charge on any atom is 0.416 e. The highest BCUT2D eigenvalue weighted by atomic mass is 19.4. The summed E-state index contributed by atoms with van der Waals surface area (Å²) in [5.74, 6) is -1.46. The number of ether oxygens (including phenoxy) is 1. The van der Waals surface area contributed by atoms with Gasteiger partial charge in [0.25, 0.3) is 5.91 Å². The third-order valence-electron chi connectivity index (χ3n) is 4.21. The Balaban J connectivity index is 2.07. The lowest BCUT2D eigenvalue weighted by Gasteiger charge is -2.18. The molecule has 0 spiro atoms. The van der Waals surface area contributed by atoms with Gasteiger partial charge in [-0.3, -0.25) is 4.79 Å². The van der Waals surface area contributed by atoms with Crippen LogP contribution >= 0.6 is 0 Å². The molecule has 0 radical (unpaired) electrons. The predicted octanol–water partition coefficient (Wildman–Crippen LogP) is 5.90. The first-order valence-electron chi connectivity index (χ1n) is 8.55. The molecule has 4 nitrogen and oxygen atoms in total. The standard InChI is InChI=1S/C21H16F4N2O2/c1-12-15(21(23,24)25)8-9-17(29-16-10-11-18(22)26-13(16)2)19(12)20(28)27-14-6-4-3-5-7-14/h3-11H,1-2H3,(H,27,28). The molecule has 29 heavy (non-hydrogen) atoms. The molecule has 8 heteroatoms. The molecule has 0 unspecified atom stereocenters. The van der Waals surface area contributed by atoms with Crippen LogP contribution in [-0.4, -0.2) is 10.9 Å². The Labute approximate surface area is 164 Å². The number of pyridine rings is 1. The van der Waals surface area contributed by atoms with Crippen LogP contribution in [0.2, 0.25) is 0 Å². The quantitative estimate of drug-likeness (QED) is 0.435. The van der Waals surface area contributed by atoms with E-state index in [-0.39, 0.29) is 28.3 Å². The Bertz CT molecular complexity index is 1050. The minimum atomic E-state index is -4.64. The summed E-state index contributed by atoms with van der Waals surface area (Å²) in [5, 5.41) is 2.57. The number of carbonyl (C=O) groups excluding carboxylic acids is 1. The van der Waals surface area contributed by atoms with Crippen LogP contribution in [0, 0.1) is 19.8 Å². The highest BCUT2D eigenvalue weighted by Gasteiger charge is 2.35. The summed E-state index contributed by atoms with van der Waals surface area (Å²) in [6.45, 7) is 2.68. The van der Waals surface area contributed by atoms with Gasteiger partial charge in [-0.15, -0.1) is 0 Å². The van der Waals surface area contributed by atoms with Gasteiger partial charge in [0.2, 0.25) is 5.95 Å². The molecule has 2 aromatic carbocycles. The van der Waals surface area contributed by atoms with Crippen molar-refractivity contribution in [1.82, 2.24) is 4.98 Å². The van der Waals surface area contributed by atoms with E-state index in [1.54, 1.807) is 30.3 Å². The number of alkyl halides is 3. The molecular weight excluding hydrogens is 388 g/mol. The Morgan fingerprint density at radius 1 is 0.966 bits per heavy atom. The van der Waals surface area contributed by atoms with Crippen molar-refractivity contribution in [2.45, 2.75) is 20.0 Å². The molecule has 0 atom stereocenters. The van der Waals surface area contributed by atoms with Crippen molar-refractivity contribution in [1.29, 1.82) is 0 Å². The van der Waals surface area contributed by atoms with Gasteiger partial charge < -0.3 is 10.1 Å². The van der Waals surface area contributed by atoms with Gasteiger partial charge in [0.05, 0.1) is 16.8 Å². The molecule has 3 aromatic rings. The molecule has 0 fully saturated rings. The Kier molecular flexibility index (Phi) is 5.54. The average Bonchev–Trinajstić information content (AvgIpc) is 2.64. The zero-order valence-corrected chi connectivity index (χ0v) is 15.5. The fourth-order valence-corrected chi connectivity index (χ4v) is 2.82. The molecule has 0 saturated heterocycles. The van der Waals surface area contributed by atoms with Crippen LogP contribution in [0.3, 0.4) is 0 Å². The van der Waals surface area contributed by atoms with Crippen LogP contribution in [0.15, 0.2) is 54.6 Å². The van der Waals surface area contributed by atoms with E-state index in [0.717, 1.165) is 18.2 Å². The van der Waals surface area contributed by atoms with Gasteiger partial charge in [0.15, 0.2) is 0 Å². The number of amides is 1. The zero-order chi connectivity index (χ0) is 21.2. The average molecular weight is 404 g/mol. The molecular formula is C21H16F4N2O2. The largest absolute Gasteiger partial charge is 0.455 e. The first-order chi connectivity index (χ1) is 13.7. The Hall–Kier alpha value is -3.42. The van der Waals surface area contributed by atoms with Gasteiger partial charge >= 0.3 is 6.18 Å². The number of para-hydroxylation sites is 1. The minimum absolute atomic E-state index is 0.0968. The van der Waals surface area contributed by atoms with Crippen molar-refractivity contribution >= 4 is 11.6 Å². The summed E-state index contributed by atoms with van der Waals surface area (Å²) in [6.07, 6.45) is -4.64. The second-order valence-electron chi connectivity index (χ2n) is 6.25. The van der Waals surface area contributed by atoms with Crippen molar-refractivity contribution in [2.24, 2.45) is 0 Å². The third kappa shape index (κ3) is 4.53. The Morgan fingerprint density at radius 2 is 1.62 bits per heavy atom. The van der Waals surface area contributed by atoms with Crippen LogP contribution in [0.1, 0.15) is 27.2 Å². The topological polar surface area (TPSA) is 51.2 Å². The van der Waals surface area contributed by atoms with Crippen LogP contribution in [-0.2, 0) is 6.18 Å². The highest BCUT2D eigenvalue weighted by molar-refractivity contribution is 6.07. The monoisotopic (exact) mass is 404 g/mol. The number of aromatic nitrogens is 1. The molecule has 3 rings (SSSR count). The molecule has 1 aromatic heterocycles. The molecule has 150 valence electrons. The number of halogens is 4. The van der Waals surface area contributed by atoms with E-state index < -0.39 is 23.6 Å². The maximum atomic E-state index is 13.4. The number of hydrogen-bond donors (Lipinski definition) is 1. The molecule has 0 aliphatic carbocycles. The van der Waals surface area contributed by atoms with Crippen molar-refractivity contribution in [3.05, 3.63) is 82.9 Å². The van der Waals surface area contributed by atoms with E-state index in [0.29, 0.717) is 5.69 Å². The second-order valence-corrected chi connectivity index (χ2v) is 6.25. The zero-order valence-electron chi connectivity index (χ0n) is 15.5. The molecule has 1 amide bonds. The Morgan fingerprint density at radius 3 is 2.24 bits per heavy atom. The molecule has 0 bridgehead atoms. The maximum absolute atomic E-state index is 13.4. The fourth-order valence-electron chi connectivity index (χ4n) is 2.82. The lowest BCUT2D eigenvalue weighted by Crippen LogP contribution is -2.18. The fraction of sp³-hybridized carbons (Fsp3) is 0.143. The van der Waals surface area contributed by atoms with Gasteiger partial charge in [-0.05, 0) is 55.8 Å². The predicted molar refractivity (Wildman–Crippen MR) is 99.6 cm³/mol. The van der Waals surface area contributed by atoms with Crippen molar-refractivity contribution in [2.75, 3.05) is 5.32 Å². The summed E-state index contributed by atoms with van der Waals surface area (Å²) in [5.41, 5.74) is -0.891. The summed E-state index contributed by atoms with van der Waals surface area (Å²) in [7, 11) is 0. The van der Waals surface area contributed by atoms with Crippen molar-refractivity contribution in [3.8, 4) is 11.5 Å². The van der Waals surface area contributed by atoms with Crippen LogP contribution in [0.25, 0.3) is 0 Å². The first-order valence-corrected chi connectivity index (χ1v) is 8.55. The molecule has 0 aliphatic rings. The molecule has 0 saturated carbocycles. The number of aryl methyl sites for hydroxylation is 1. The van der Waals surface area contributed by atoms with E-state index in [1.807, 2.05) is 0 Å². The lowest BCUT2D eigenvalue weighted by atomic mass is 10.00. The van der Waals surface area contributed by atoms with Crippen molar-refractivity contribution < 1.29 is 27.1 Å². The summed E-state index contributed by atoms with van der Waals surface area (Å²) < 4.78 is 59.0. The van der Waals surface area contributed by atoms with E-state index in [4.69, 9.17) is 4.74 Å². The van der Waals surface area contributed by atoms with Gasteiger partial charge in [-0.2, -0.15) is 17.6 Å². The summed E-state index contributed by atoms with van der Waals surface area (Å²) in [6, 6.07) is 12.6.